The molecule has 1 aliphatic carbocycles. The molecule has 1 saturated carbocycles. The van der Waals surface area contributed by atoms with Crippen LogP contribution >= 0.6 is 0 Å². The van der Waals surface area contributed by atoms with Gasteiger partial charge in [0.2, 0.25) is 0 Å². The fraction of sp³-hybridized carbons (Fsp3) is 0.286. The fourth-order valence-corrected chi connectivity index (χ4v) is 3.35. The van der Waals surface area contributed by atoms with E-state index in [-0.39, 0.29) is 11.9 Å². The SMILES string of the molecule is Cc1nn(-c2cc(OCC(F)(F)F)c(C(=O)Nc3c(F)cccc3F)cc2F)c(=O)n1C1CC1. The normalized spacial score (nSPS) is 13.7. The van der Waals surface area contributed by atoms with E-state index in [1.807, 2.05) is 5.32 Å². The zero-order valence-electron chi connectivity index (χ0n) is 17.4. The van der Waals surface area contributed by atoms with Crippen molar-refractivity contribution < 1.29 is 35.9 Å². The zero-order valence-corrected chi connectivity index (χ0v) is 17.4. The van der Waals surface area contributed by atoms with Crippen molar-refractivity contribution in [3.8, 4) is 11.4 Å². The number of hydrogen-bond acceptors (Lipinski definition) is 4. The van der Waals surface area contributed by atoms with Gasteiger partial charge in [-0.1, -0.05) is 6.07 Å². The number of nitrogens with one attached hydrogen (secondary N) is 1. The molecule has 13 heteroatoms. The number of aryl methyl sites for hydroxylation is 1. The third kappa shape index (κ3) is 4.63. The number of hydrogen-bond donors (Lipinski definition) is 1. The van der Waals surface area contributed by atoms with Gasteiger partial charge in [0.25, 0.3) is 5.91 Å². The molecule has 0 bridgehead atoms. The highest BCUT2D eigenvalue weighted by Gasteiger charge is 2.32. The van der Waals surface area contributed by atoms with Gasteiger partial charge in [-0.2, -0.15) is 23.0 Å². The molecule has 0 saturated heterocycles. The lowest BCUT2D eigenvalue weighted by Gasteiger charge is -2.15. The standard InChI is InChI=1S/C21H16F6N4O3/c1-10-29-31(20(33)30(10)11-5-6-11)16-8-17(34-9-21(25,26)27)12(7-15(16)24)19(32)28-18-13(22)3-2-4-14(18)23/h2-4,7-8,11H,5-6,9H2,1H3,(H,28,32). The van der Waals surface area contributed by atoms with Crippen LogP contribution < -0.4 is 15.7 Å². The summed E-state index contributed by atoms with van der Waals surface area (Å²) in [6.07, 6.45) is -3.37. The molecule has 1 heterocycles. The number of carbonyl (C=O) groups excluding carboxylic acids is 1. The Bertz CT molecular complexity index is 1310. The van der Waals surface area contributed by atoms with Gasteiger partial charge in [-0.15, -0.1) is 0 Å². The highest BCUT2D eigenvalue weighted by molar-refractivity contribution is 6.06. The molecule has 1 fully saturated rings. The van der Waals surface area contributed by atoms with Gasteiger partial charge in [0, 0.05) is 12.1 Å². The number of halogens is 6. The zero-order chi connectivity index (χ0) is 24.8. The quantitative estimate of drug-likeness (QED) is 0.528. The van der Waals surface area contributed by atoms with Crippen LogP contribution in [0.3, 0.4) is 0 Å². The van der Waals surface area contributed by atoms with Crippen molar-refractivity contribution in [3.63, 3.8) is 0 Å². The molecule has 1 aliphatic rings. The Hall–Kier alpha value is -3.77. The van der Waals surface area contributed by atoms with Crippen LogP contribution in [0.25, 0.3) is 5.69 Å². The van der Waals surface area contributed by atoms with E-state index in [9.17, 15) is 35.9 Å². The van der Waals surface area contributed by atoms with Crippen molar-refractivity contribution in [1.82, 2.24) is 14.3 Å². The summed E-state index contributed by atoms with van der Waals surface area (Å²) in [7, 11) is 0. The molecular weight excluding hydrogens is 470 g/mol. The first-order valence-electron chi connectivity index (χ1n) is 9.93. The van der Waals surface area contributed by atoms with Crippen molar-refractivity contribution in [3.05, 3.63) is 69.7 Å². The van der Waals surface area contributed by atoms with Crippen molar-refractivity contribution in [2.24, 2.45) is 0 Å². The van der Waals surface area contributed by atoms with Crippen LogP contribution in [0.1, 0.15) is 35.1 Å². The number of alkyl halides is 3. The van der Waals surface area contributed by atoms with E-state index in [4.69, 9.17) is 0 Å². The van der Waals surface area contributed by atoms with Gasteiger partial charge in [-0.25, -0.2) is 18.0 Å². The van der Waals surface area contributed by atoms with Crippen molar-refractivity contribution in [2.75, 3.05) is 11.9 Å². The maximum atomic E-state index is 15.0. The Morgan fingerprint density at radius 3 is 2.38 bits per heavy atom. The van der Waals surface area contributed by atoms with Gasteiger partial charge in [0.05, 0.1) is 5.56 Å². The smallest absolute Gasteiger partial charge is 0.422 e. The Morgan fingerprint density at radius 2 is 1.79 bits per heavy atom. The van der Waals surface area contributed by atoms with E-state index in [0.717, 1.165) is 31.0 Å². The molecule has 3 aromatic rings. The van der Waals surface area contributed by atoms with Crippen LogP contribution in [-0.4, -0.2) is 33.0 Å². The van der Waals surface area contributed by atoms with Crippen LogP contribution in [0, 0.1) is 24.4 Å². The lowest BCUT2D eigenvalue weighted by Crippen LogP contribution is -2.25. The Balaban J connectivity index is 1.78. The second-order valence-electron chi connectivity index (χ2n) is 7.60. The Kier molecular flexibility index (Phi) is 5.87. The van der Waals surface area contributed by atoms with Crippen LogP contribution in [-0.2, 0) is 0 Å². The molecule has 0 aliphatic heterocycles. The second-order valence-corrected chi connectivity index (χ2v) is 7.60. The first-order valence-corrected chi connectivity index (χ1v) is 9.93. The van der Waals surface area contributed by atoms with E-state index in [1.54, 1.807) is 0 Å². The van der Waals surface area contributed by atoms with Crippen molar-refractivity contribution in [1.29, 1.82) is 0 Å². The number of anilines is 1. The summed E-state index contributed by atoms with van der Waals surface area (Å²) in [5.41, 5.74) is -2.93. The van der Waals surface area contributed by atoms with Crippen molar-refractivity contribution >= 4 is 11.6 Å². The second kappa shape index (κ2) is 8.54. The fourth-order valence-electron chi connectivity index (χ4n) is 3.35. The molecule has 2 aromatic carbocycles. The third-order valence-electron chi connectivity index (χ3n) is 5.01. The average molecular weight is 486 g/mol. The number of carbonyl (C=O) groups is 1. The average Bonchev–Trinajstić information content (AvgIpc) is 3.53. The summed E-state index contributed by atoms with van der Waals surface area (Å²) in [5.74, 6) is -5.35. The predicted octanol–water partition coefficient (Wildman–Crippen LogP) is 4.29. The largest absolute Gasteiger partial charge is 0.483 e. The highest BCUT2D eigenvalue weighted by Crippen LogP contribution is 2.34. The van der Waals surface area contributed by atoms with Gasteiger partial charge in [0.15, 0.2) is 6.61 Å². The summed E-state index contributed by atoms with van der Waals surface area (Å²) in [6.45, 7) is -0.336. The lowest BCUT2D eigenvalue weighted by molar-refractivity contribution is -0.153. The van der Waals surface area contributed by atoms with E-state index in [0.29, 0.717) is 16.8 Å². The molecule has 1 amide bonds. The lowest BCUT2D eigenvalue weighted by atomic mass is 10.1. The number of nitrogens with zero attached hydrogens (tertiary/aromatic N) is 3. The molecule has 0 radical (unpaired) electrons. The summed E-state index contributed by atoms with van der Waals surface area (Å²) in [4.78, 5) is 25.3. The van der Waals surface area contributed by atoms with E-state index in [1.165, 1.54) is 11.5 Å². The number of amides is 1. The van der Waals surface area contributed by atoms with E-state index >= 15 is 0 Å². The minimum absolute atomic E-state index is 0.106. The Morgan fingerprint density at radius 1 is 1.15 bits per heavy atom. The van der Waals surface area contributed by atoms with E-state index < -0.39 is 64.5 Å². The first-order chi connectivity index (χ1) is 16.0. The first kappa shape index (κ1) is 23.4. The minimum atomic E-state index is -4.82. The molecule has 180 valence electrons. The molecule has 0 atom stereocenters. The van der Waals surface area contributed by atoms with Crippen LogP contribution in [0.4, 0.5) is 32.0 Å². The third-order valence-corrected chi connectivity index (χ3v) is 5.01. The molecule has 0 spiro atoms. The summed E-state index contributed by atoms with van der Waals surface area (Å²) < 4.78 is 87.8. The van der Waals surface area contributed by atoms with E-state index in [2.05, 4.69) is 9.84 Å². The van der Waals surface area contributed by atoms with Gasteiger partial charge in [0.1, 0.15) is 40.4 Å². The maximum Gasteiger partial charge on any atom is 0.422 e. The number of rotatable bonds is 6. The predicted molar refractivity (Wildman–Crippen MR) is 107 cm³/mol. The topological polar surface area (TPSA) is 78.2 Å². The summed E-state index contributed by atoms with van der Waals surface area (Å²) >= 11 is 0. The molecule has 1 aromatic heterocycles. The van der Waals surface area contributed by atoms with Gasteiger partial charge >= 0.3 is 11.9 Å². The maximum absolute atomic E-state index is 15.0. The number of benzene rings is 2. The molecule has 4 rings (SSSR count). The molecular formula is C21H16F6N4O3. The highest BCUT2D eigenvalue weighted by atomic mass is 19.4. The van der Waals surface area contributed by atoms with Gasteiger partial charge < -0.3 is 10.1 Å². The van der Waals surface area contributed by atoms with Gasteiger partial charge in [-0.05, 0) is 38.0 Å². The number of para-hydroxylation sites is 1. The molecule has 34 heavy (non-hydrogen) atoms. The Labute approximate surface area is 187 Å². The van der Waals surface area contributed by atoms with Crippen LogP contribution in [0.15, 0.2) is 35.1 Å². The number of aromatic nitrogens is 3. The van der Waals surface area contributed by atoms with Crippen LogP contribution in [0.2, 0.25) is 0 Å². The molecule has 0 unspecified atom stereocenters. The minimum Gasteiger partial charge on any atom is -0.483 e. The summed E-state index contributed by atoms with van der Waals surface area (Å²) in [6, 6.07) is 3.83. The van der Waals surface area contributed by atoms with Crippen molar-refractivity contribution in [2.45, 2.75) is 32.0 Å². The monoisotopic (exact) mass is 486 g/mol. The summed E-state index contributed by atoms with van der Waals surface area (Å²) in [5, 5.41) is 5.83. The molecule has 1 N–H and O–H groups in total. The van der Waals surface area contributed by atoms with Gasteiger partial charge in [-0.3, -0.25) is 9.36 Å². The number of ether oxygens (including phenoxy) is 1. The molecule has 7 nitrogen and oxygen atoms in total. The van der Waals surface area contributed by atoms with Crippen LogP contribution in [0.5, 0.6) is 5.75 Å².